The van der Waals surface area contributed by atoms with Crippen LogP contribution in [0.2, 0.25) is 5.02 Å². The molecule has 0 radical (unpaired) electrons. The van der Waals surface area contributed by atoms with Gasteiger partial charge in [-0.3, -0.25) is 4.40 Å². The minimum Gasteiger partial charge on any atom is -0.497 e. The maximum absolute atomic E-state index is 10.2. The Morgan fingerprint density at radius 3 is 2.63 bits per heavy atom. The minimum absolute atomic E-state index is 0.0943. The Balaban J connectivity index is 2.15. The number of pyridine rings is 1. The molecule has 0 aliphatic rings. The van der Waals surface area contributed by atoms with Gasteiger partial charge < -0.3 is 9.84 Å². The van der Waals surface area contributed by atoms with Crippen molar-refractivity contribution in [3.8, 4) is 22.9 Å². The maximum Gasteiger partial charge on any atom is 0.224 e. The second kappa shape index (κ2) is 4.48. The van der Waals surface area contributed by atoms with E-state index in [9.17, 15) is 5.11 Å². The number of nitrogens with zero attached hydrogens (tertiary/aromatic N) is 2. The number of ether oxygens (including phenoxy) is 1. The van der Waals surface area contributed by atoms with Crippen LogP contribution in [0.25, 0.3) is 16.9 Å². The maximum atomic E-state index is 10.2. The zero-order chi connectivity index (χ0) is 13.4. The first-order valence-corrected chi connectivity index (χ1v) is 6.08. The topological polar surface area (TPSA) is 46.8 Å². The van der Waals surface area contributed by atoms with Crippen LogP contribution in [0, 0.1) is 0 Å². The first kappa shape index (κ1) is 11.9. The fourth-order valence-electron chi connectivity index (χ4n) is 1.95. The molecule has 5 heteroatoms. The van der Waals surface area contributed by atoms with Crippen molar-refractivity contribution in [1.29, 1.82) is 0 Å². The van der Waals surface area contributed by atoms with Gasteiger partial charge in [-0.2, -0.15) is 0 Å². The summed E-state index contributed by atoms with van der Waals surface area (Å²) in [5, 5.41) is 10.8. The Kier molecular flexibility index (Phi) is 2.80. The number of aromatic hydroxyl groups is 1. The molecule has 0 unspecified atom stereocenters. The molecule has 2 aromatic heterocycles. The highest BCUT2D eigenvalue weighted by molar-refractivity contribution is 6.30. The predicted octanol–water partition coefficient (Wildman–Crippen LogP) is 3.37. The van der Waals surface area contributed by atoms with Crippen molar-refractivity contribution >= 4 is 17.2 Å². The van der Waals surface area contributed by atoms with E-state index in [1.54, 1.807) is 29.8 Å². The van der Waals surface area contributed by atoms with Crippen LogP contribution >= 0.6 is 11.6 Å². The smallest absolute Gasteiger partial charge is 0.224 e. The lowest BCUT2D eigenvalue weighted by molar-refractivity contribution is 0.415. The van der Waals surface area contributed by atoms with E-state index in [4.69, 9.17) is 16.3 Å². The molecule has 3 rings (SSSR count). The van der Waals surface area contributed by atoms with E-state index in [2.05, 4.69) is 4.98 Å². The molecule has 19 heavy (non-hydrogen) atoms. The zero-order valence-corrected chi connectivity index (χ0v) is 10.9. The average Bonchev–Trinajstić information content (AvgIpc) is 2.75. The summed E-state index contributed by atoms with van der Waals surface area (Å²) < 4.78 is 6.69. The molecule has 4 nitrogen and oxygen atoms in total. The number of methoxy groups -OCH3 is 1. The summed E-state index contributed by atoms with van der Waals surface area (Å²) in [7, 11) is 1.61. The van der Waals surface area contributed by atoms with Crippen molar-refractivity contribution in [2.75, 3.05) is 7.11 Å². The minimum atomic E-state index is 0.0943. The molecule has 1 N–H and O–H groups in total. The van der Waals surface area contributed by atoms with E-state index in [-0.39, 0.29) is 5.88 Å². The number of benzene rings is 1. The molecule has 0 saturated carbocycles. The van der Waals surface area contributed by atoms with Gasteiger partial charge in [-0.25, -0.2) is 4.98 Å². The largest absolute Gasteiger partial charge is 0.497 e. The molecule has 2 heterocycles. The van der Waals surface area contributed by atoms with Crippen LogP contribution in [-0.2, 0) is 0 Å². The second-order valence-electron chi connectivity index (χ2n) is 4.09. The fraction of sp³-hybridized carbons (Fsp3) is 0.0714. The number of imidazole rings is 1. The molecule has 0 amide bonds. The average molecular weight is 275 g/mol. The van der Waals surface area contributed by atoms with Crippen LogP contribution in [0.3, 0.4) is 0 Å². The molecular weight excluding hydrogens is 264 g/mol. The lowest BCUT2D eigenvalue weighted by Crippen LogP contribution is -1.83. The van der Waals surface area contributed by atoms with Crippen LogP contribution in [0.5, 0.6) is 11.6 Å². The van der Waals surface area contributed by atoms with Gasteiger partial charge in [-0.1, -0.05) is 11.6 Å². The van der Waals surface area contributed by atoms with Gasteiger partial charge in [0.15, 0.2) is 0 Å². The Bertz CT molecular complexity index is 735. The van der Waals surface area contributed by atoms with E-state index in [1.807, 2.05) is 24.3 Å². The van der Waals surface area contributed by atoms with Gasteiger partial charge in [0.05, 0.1) is 7.11 Å². The Hall–Kier alpha value is -2.20. The number of hydrogen-bond donors (Lipinski definition) is 1. The third-order valence-corrected chi connectivity index (χ3v) is 3.16. The van der Waals surface area contributed by atoms with Gasteiger partial charge in [0.1, 0.15) is 17.1 Å². The summed E-state index contributed by atoms with van der Waals surface area (Å²) in [6, 6.07) is 10.8. The highest BCUT2D eigenvalue weighted by atomic mass is 35.5. The van der Waals surface area contributed by atoms with Crippen molar-refractivity contribution in [3.05, 3.63) is 47.6 Å². The molecule has 0 aliphatic carbocycles. The molecule has 0 aliphatic heterocycles. The number of rotatable bonds is 2. The predicted molar refractivity (Wildman–Crippen MR) is 73.9 cm³/mol. The number of halogens is 1. The van der Waals surface area contributed by atoms with E-state index < -0.39 is 0 Å². The van der Waals surface area contributed by atoms with Gasteiger partial charge in [0.2, 0.25) is 5.88 Å². The fourth-order valence-corrected chi connectivity index (χ4v) is 2.10. The van der Waals surface area contributed by atoms with Gasteiger partial charge in [0.25, 0.3) is 0 Å². The van der Waals surface area contributed by atoms with Crippen LogP contribution in [0.4, 0.5) is 0 Å². The van der Waals surface area contributed by atoms with Crippen LogP contribution in [-0.4, -0.2) is 21.6 Å². The zero-order valence-electron chi connectivity index (χ0n) is 10.2. The summed E-state index contributed by atoms with van der Waals surface area (Å²) in [6.45, 7) is 0. The van der Waals surface area contributed by atoms with Gasteiger partial charge in [0, 0.05) is 22.8 Å². The van der Waals surface area contributed by atoms with Crippen LogP contribution < -0.4 is 4.74 Å². The first-order chi connectivity index (χ1) is 9.19. The molecule has 3 aromatic rings. The van der Waals surface area contributed by atoms with Crippen molar-refractivity contribution in [3.63, 3.8) is 0 Å². The van der Waals surface area contributed by atoms with Crippen molar-refractivity contribution in [2.24, 2.45) is 0 Å². The Morgan fingerprint density at radius 1 is 1.21 bits per heavy atom. The molecule has 0 saturated heterocycles. The van der Waals surface area contributed by atoms with Gasteiger partial charge in [-0.15, -0.1) is 0 Å². The highest BCUT2D eigenvalue weighted by Crippen LogP contribution is 2.31. The SMILES string of the molecule is COc1ccc(-c2nc3cc(Cl)ccn3c2O)cc1. The van der Waals surface area contributed by atoms with Crippen LogP contribution in [0.1, 0.15) is 0 Å². The lowest BCUT2D eigenvalue weighted by atomic mass is 10.1. The third-order valence-electron chi connectivity index (χ3n) is 2.93. The molecule has 1 aromatic carbocycles. The van der Waals surface area contributed by atoms with E-state index in [1.165, 1.54) is 0 Å². The lowest BCUT2D eigenvalue weighted by Gasteiger charge is -2.01. The quantitative estimate of drug-likeness (QED) is 0.779. The van der Waals surface area contributed by atoms with Crippen molar-refractivity contribution in [1.82, 2.24) is 9.38 Å². The van der Waals surface area contributed by atoms with Crippen LogP contribution in [0.15, 0.2) is 42.6 Å². The third kappa shape index (κ3) is 2.00. The Morgan fingerprint density at radius 2 is 1.95 bits per heavy atom. The van der Waals surface area contributed by atoms with E-state index in [0.717, 1.165) is 11.3 Å². The highest BCUT2D eigenvalue weighted by Gasteiger charge is 2.13. The summed E-state index contributed by atoms with van der Waals surface area (Å²) in [5.74, 6) is 0.854. The summed E-state index contributed by atoms with van der Waals surface area (Å²) in [6.07, 6.45) is 1.69. The molecule has 0 atom stereocenters. The van der Waals surface area contributed by atoms with Gasteiger partial charge >= 0.3 is 0 Å². The normalized spacial score (nSPS) is 10.8. The van der Waals surface area contributed by atoms with E-state index in [0.29, 0.717) is 16.4 Å². The molecule has 0 bridgehead atoms. The van der Waals surface area contributed by atoms with Crippen molar-refractivity contribution in [2.45, 2.75) is 0 Å². The number of hydrogen-bond acceptors (Lipinski definition) is 3. The number of aromatic nitrogens is 2. The summed E-state index contributed by atoms with van der Waals surface area (Å²) >= 11 is 5.91. The summed E-state index contributed by atoms with van der Waals surface area (Å²) in [4.78, 5) is 4.39. The van der Waals surface area contributed by atoms with Crippen molar-refractivity contribution < 1.29 is 9.84 Å². The van der Waals surface area contributed by atoms with E-state index >= 15 is 0 Å². The monoisotopic (exact) mass is 274 g/mol. The number of fused-ring (bicyclic) bond motifs is 1. The summed E-state index contributed by atoms with van der Waals surface area (Å²) in [5.41, 5.74) is 1.94. The molecular formula is C14H11ClN2O2. The van der Waals surface area contributed by atoms with Gasteiger partial charge in [-0.05, 0) is 30.3 Å². The Labute approximate surface area is 114 Å². The molecule has 0 fully saturated rings. The molecule has 0 spiro atoms. The molecule has 96 valence electrons. The first-order valence-electron chi connectivity index (χ1n) is 5.70. The standard InChI is InChI=1S/C14H11ClN2O2/c1-19-11-4-2-9(3-5-11)13-14(18)17-7-6-10(15)8-12(17)16-13/h2-8,18H,1H3. The second-order valence-corrected chi connectivity index (χ2v) is 4.52.